The molecular weight excluding hydrogens is 254 g/mol. The lowest BCUT2D eigenvalue weighted by atomic mass is 10.1. The van der Waals surface area contributed by atoms with Crippen molar-refractivity contribution in [3.63, 3.8) is 0 Å². The number of halogens is 1. The van der Waals surface area contributed by atoms with Gasteiger partial charge in [0, 0.05) is 18.1 Å². The first-order valence-electron chi connectivity index (χ1n) is 3.86. The van der Waals surface area contributed by atoms with E-state index in [2.05, 4.69) is 15.9 Å². The van der Waals surface area contributed by atoms with Crippen LogP contribution in [0.25, 0.3) is 0 Å². The molecule has 0 aromatic heterocycles. The Bertz CT molecular complexity index is 302. The fourth-order valence-corrected chi connectivity index (χ4v) is 1.50. The van der Waals surface area contributed by atoms with Gasteiger partial charge in [0.25, 0.3) is 6.04 Å². The Morgan fingerprint density at radius 1 is 1.64 bits per heavy atom. The van der Waals surface area contributed by atoms with Crippen LogP contribution in [0.5, 0.6) is 0 Å². The molecule has 0 fully saturated rings. The number of rotatable bonds is 3. The van der Waals surface area contributed by atoms with Crippen LogP contribution in [0.15, 0.2) is 24.0 Å². The summed E-state index contributed by atoms with van der Waals surface area (Å²) in [7, 11) is 2.89. The highest BCUT2D eigenvalue weighted by Crippen LogP contribution is 2.30. The third-order valence-corrected chi connectivity index (χ3v) is 2.73. The summed E-state index contributed by atoms with van der Waals surface area (Å²) in [4.78, 5) is 10.2. The van der Waals surface area contributed by atoms with E-state index in [-0.39, 0.29) is 5.76 Å². The molecule has 78 valence electrons. The molecule has 0 aromatic rings. The largest absolute Gasteiger partial charge is 0.494 e. The van der Waals surface area contributed by atoms with Crippen molar-refractivity contribution in [3.8, 4) is 0 Å². The quantitative estimate of drug-likeness (QED) is 0.335. The minimum absolute atomic E-state index is 0.260. The molecule has 0 spiro atoms. The normalized spacial score (nSPS) is 31.1. The molecule has 0 radical (unpaired) electrons. The van der Waals surface area contributed by atoms with Crippen LogP contribution < -0.4 is 0 Å². The summed E-state index contributed by atoms with van der Waals surface area (Å²) in [5, 5.41) is 10.6. The van der Waals surface area contributed by atoms with Gasteiger partial charge in [0.1, 0.15) is 0 Å². The van der Waals surface area contributed by atoms with Gasteiger partial charge in [-0.15, -0.1) is 0 Å². The van der Waals surface area contributed by atoms with Crippen molar-refractivity contribution >= 4 is 15.9 Å². The van der Waals surface area contributed by atoms with Crippen LogP contribution in [-0.4, -0.2) is 29.7 Å². The molecule has 1 aliphatic rings. The third-order valence-electron chi connectivity index (χ3n) is 1.91. The first-order chi connectivity index (χ1) is 6.52. The van der Waals surface area contributed by atoms with E-state index in [9.17, 15) is 10.1 Å². The maximum atomic E-state index is 10.6. The zero-order valence-corrected chi connectivity index (χ0v) is 9.35. The second kappa shape index (κ2) is 4.10. The van der Waals surface area contributed by atoms with Crippen molar-refractivity contribution in [2.24, 2.45) is 0 Å². The molecule has 0 bridgehead atoms. The van der Waals surface area contributed by atoms with Crippen molar-refractivity contribution in [1.82, 2.24) is 0 Å². The highest BCUT2D eigenvalue weighted by molar-refractivity contribution is 9.10. The molecule has 0 saturated heterocycles. The van der Waals surface area contributed by atoms with E-state index >= 15 is 0 Å². The van der Waals surface area contributed by atoms with Gasteiger partial charge >= 0.3 is 0 Å². The molecule has 0 aliphatic heterocycles. The summed E-state index contributed by atoms with van der Waals surface area (Å²) in [5.41, 5.74) is 0. The van der Waals surface area contributed by atoms with Crippen LogP contribution in [-0.2, 0) is 9.47 Å². The predicted octanol–water partition coefficient (Wildman–Crippen LogP) is 1.47. The summed E-state index contributed by atoms with van der Waals surface area (Å²) in [5.74, 6) is 0.260. The highest BCUT2D eigenvalue weighted by atomic mass is 79.9. The molecule has 0 N–H and O–H groups in total. The first kappa shape index (κ1) is 11.2. The minimum atomic E-state index is -0.930. The molecule has 0 heterocycles. The van der Waals surface area contributed by atoms with Crippen molar-refractivity contribution < 1.29 is 14.4 Å². The lowest BCUT2D eigenvalue weighted by Crippen LogP contribution is -2.30. The number of nitro groups is 1. The van der Waals surface area contributed by atoms with Gasteiger partial charge in [-0.25, -0.2) is 0 Å². The second-order valence-corrected chi connectivity index (χ2v) is 3.98. The summed E-state index contributed by atoms with van der Waals surface area (Å²) in [6, 6.07) is -0.930. The zero-order valence-electron chi connectivity index (χ0n) is 7.77. The summed E-state index contributed by atoms with van der Waals surface area (Å²) < 4.78 is 9.21. The summed E-state index contributed by atoms with van der Waals surface area (Å²) in [6.07, 6.45) is 4.53. The Morgan fingerprint density at radius 3 is 2.71 bits per heavy atom. The monoisotopic (exact) mass is 263 g/mol. The van der Waals surface area contributed by atoms with Crippen LogP contribution in [0, 0.1) is 10.1 Å². The molecule has 14 heavy (non-hydrogen) atoms. The van der Waals surface area contributed by atoms with Gasteiger partial charge in [-0.2, -0.15) is 0 Å². The third kappa shape index (κ3) is 2.13. The van der Waals surface area contributed by atoms with E-state index in [4.69, 9.17) is 9.47 Å². The van der Waals surface area contributed by atoms with Crippen molar-refractivity contribution in [1.29, 1.82) is 0 Å². The van der Waals surface area contributed by atoms with Crippen LogP contribution in [0.3, 0.4) is 0 Å². The second-order valence-electron chi connectivity index (χ2n) is 2.74. The molecule has 0 saturated carbocycles. The molecule has 0 amide bonds. The van der Waals surface area contributed by atoms with Gasteiger partial charge < -0.3 is 9.47 Å². The topological polar surface area (TPSA) is 61.6 Å². The van der Waals surface area contributed by atoms with Crippen LogP contribution in [0.2, 0.25) is 0 Å². The standard InChI is InChI=1S/C8H10BrNO4/c1-13-7-5-8(9,14-2)4-3-6(7)10(11)12/h3-6H,1-2H3. The van der Waals surface area contributed by atoms with E-state index < -0.39 is 15.5 Å². The van der Waals surface area contributed by atoms with E-state index in [0.717, 1.165) is 0 Å². The highest BCUT2D eigenvalue weighted by Gasteiger charge is 2.34. The summed E-state index contributed by atoms with van der Waals surface area (Å²) >= 11 is 3.26. The smallest absolute Gasteiger partial charge is 0.287 e. The Hall–Kier alpha value is -0.880. The molecule has 1 rings (SSSR count). The lowest BCUT2D eigenvalue weighted by molar-refractivity contribution is -0.504. The SMILES string of the molecule is COC1=CC(Br)(OC)C=CC1[N+](=O)[O-]. The number of methoxy groups -OCH3 is 2. The average molecular weight is 264 g/mol. The number of ether oxygens (including phenoxy) is 2. The lowest BCUT2D eigenvalue weighted by Gasteiger charge is -2.23. The summed E-state index contributed by atoms with van der Waals surface area (Å²) in [6.45, 7) is 0. The number of nitrogens with zero attached hydrogens (tertiary/aromatic N) is 1. The molecule has 2 atom stereocenters. The van der Waals surface area contributed by atoms with Gasteiger partial charge in [-0.1, -0.05) is 0 Å². The predicted molar refractivity (Wildman–Crippen MR) is 53.7 cm³/mol. The van der Waals surface area contributed by atoms with E-state index in [1.165, 1.54) is 26.4 Å². The average Bonchev–Trinajstić information content (AvgIpc) is 2.17. The van der Waals surface area contributed by atoms with Gasteiger partial charge in [-0.3, -0.25) is 10.1 Å². The maximum Gasteiger partial charge on any atom is 0.287 e. The number of hydrogen-bond donors (Lipinski definition) is 0. The Labute approximate surface area is 89.7 Å². The molecular formula is C8H10BrNO4. The van der Waals surface area contributed by atoms with Crippen LogP contribution >= 0.6 is 15.9 Å². The Kier molecular flexibility index (Phi) is 3.28. The number of hydrogen-bond acceptors (Lipinski definition) is 4. The van der Waals surface area contributed by atoms with E-state index in [0.29, 0.717) is 0 Å². The first-order valence-corrected chi connectivity index (χ1v) is 4.65. The van der Waals surface area contributed by atoms with Gasteiger partial charge in [0.15, 0.2) is 10.3 Å². The Morgan fingerprint density at radius 2 is 2.29 bits per heavy atom. The van der Waals surface area contributed by atoms with Gasteiger partial charge in [-0.05, 0) is 28.1 Å². The van der Waals surface area contributed by atoms with Gasteiger partial charge in [0.2, 0.25) is 0 Å². The number of alkyl halides is 1. The van der Waals surface area contributed by atoms with E-state index in [1.54, 1.807) is 6.08 Å². The minimum Gasteiger partial charge on any atom is -0.494 e. The van der Waals surface area contributed by atoms with E-state index in [1.807, 2.05) is 0 Å². The maximum absolute atomic E-state index is 10.6. The molecule has 5 nitrogen and oxygen atoms in total. The molecule has 6 heteroatoms. The fraction of sp³-hybridized carbons (Fsp3) is 0.500. The molecule has 0 aromatic carbocycles. The Balaban J connectivity index is 2.97. The van der Waals surface area contributed by atoms with Crippen molar-refractivity contribution in [3.05, 3.63) is 34.1 Å². The van der Waals surface area contributed by atoms with Crippen LogP contribution in [0.4, 0.5) is 0 Å². The molecule has 2 unspecified atom stereocenters. The fourth-order valence-electron chi connectivity index (χ4n) is 1.13. The van der Waals surface area contributed by atoms with Crippen molar-refractivity contribution in [2.45, 2.75) is 10.6 Å². The van der Waals surface area contributed by atoms with Crippen molar-refractivity contribution in [2.75, 3.05) is 14.2 Å². The van der Waals surface area contributed by atoms with Crippen LogP contribution in [0.1, 0.15) is 0 Å². The molecule has 1 aliphatic carbocycles. The zero-order chi connectivity index (χ0) is 10.8. The van der Waals surface area contributed by atoms with Gasteiger partial charge in [0.05, 0.1) is 7.11 Å².